The van der Waals surface area contributed by atoms with Crippen LogP contribution < -0.4 is 20.3 Å². The number of aryl methyl sites for hydroxylation is 2. The summed E-state index contributed by atoms with van der Waals surface area (Å²) in [5.74, 6) is 0.703. The normalized spacial score (nSPS) is 14.2. The van der Waals surface area contributed by atoms with E-state index in [1.807, 2.05) is 67.4 Å². The van der Waals surface area contributed by atoms with Crippen LogP contribution in [0.15, 0.2) is 104 Å². The second kappa shape index (κ2) is 12.6. The van der Waals surface area contributed by atoms with Gasteiger partial charge < -0.3 is 34.1 Å². The number of fused-ring (bicyclic) bond motifs is 3. The van der Waals surface area contributed by atoms with Crippen LogP contribution in [0.4, 0.5) is 22.7 Å². The number of imidazole rings is 1. The Morgan fingerprint density at radius 2 is 1.72 bits per heavy atom. The first-order valence-corrected chi connectivity index (χ1v) is 16.0. The number of carbonyl (C=O) groups excluding carboxylic acids is 1. The fourth-order valence-corrected chi connectivity index (χ4v) is 6.36. The van der Waals surface area contributed by atoms with E-state index in [-0.39, 0.29) is 5.91 Å². The van der Waals surface area contributed by atoms with Gasteiger partial charge in [0, 0.05) is 74.0 Å². The third kappa shape index (κ3) is 6.03. The van der Waals surface area contributed by atoms with E-state index in [9.17, 15) is 4.79 Å². The molecule has 1 saturated heterocycles. The van der Waals surface area contributed by atoms with E-state index in [0.717, 1.165) is 89.8 Å². The smallest absolute Gasteiger partial charge is 0.257 e. The first kappa shape index (κ1) is 28.8. The number of anilines is 4. The van der Waals surface area contributed by atoms with Crippen molar-refractivity contribution < 1.29 is 14.3 Å². The van der Waals surface area contributed by atoms with Gasteiger partial charge in [0.25, 0.3) is 5.91 Å². The summed E-state index contributed by atoms with van der Waals surface area (Å²) < 4.78 is 15.8. The van der Waals surface area contributed by atoms with Crippen molar-refractivity contribution in [3.63, 3.8) is 0 Å². The molecule has 0 atom stereocenters. The van der Waals surface area contributed by atoms with Crippen LogP contribution in [0.25, 0.3) is 22.0 Å². The fraction of sp³-hybridized carbons (Fsp3) is 0.216. The number of nitrogens with one attached hydrogen (secondary N) is 2. The molecule has 3 aromatic carbocycles. The molecule has 6 aromatic rings. The van der Waals surface area contributed by atoms with E-state index in [1.54, 1.807) is 6.20 Å². The molecule has 2 N–H and O–H groups in total. The number of hydrogen-bond donors (Lipinski definition) is 2. The molecule has 0 spiro atoms. The van der Waals surface area contributed by atoms with Crippen molar-refractivity contribution in [1.82, 2.24) is 19.1 Å². The summed E-state index contributed by atoms with van der Waals surface area (Å²) in [6.07, 6.45) is 12.2. The van der Waals surface area contributed by atoms with E-state index in [2.05, 4.69) is 65.1 Å². The number of aromatic nitrogens is 4. The topological polar surface area (TPSA) is 98.5 Å². The van der Waals surface area contributed by atoms with Crippen molar-refractivity contribution in [3.8, 4) is 16.9 Å². The predicted molar refractivity (Wildman–Crippen MR) is 184 cm³/mol. The zero-order valence-electron chi connectivity index (χ0n) is 25.9. The second-order valence-corrected chi connectivity index (χ2v) is 11.8. The second-order valence-electron chi connectivity index (χ2n) is 11.8. The number of benzene rings is 3. The molecule has 2 aliphatic rings. The Bertz CT molecular complexity index is 2030. The summed E-state index contributed by atoms with van der Waals surface area (Å²) in [7, 11) is 0. The summed E-state index contributed by atoms with van der Waals surface area (Å²) in [5.41, 5.74) is 8.42. The number of carbonyl (C=O) groups is 1. The Labute approximate surface area is 272 Å². The highest BCUT2D eigenvalue weighted by molar-refractivity contribution is 6.13. The molecular formula is C37H35N7O3. The van der Waals surface area contributed by atoms with Crippen LogP contribution in [-0.2, 0) is 24.2 Å². The summed E-state index contributed by atoms with van der Waals surface area (Å²) in [6, 6.07) is 22.4. The van der Waals surface area contributed by atoms with E-state index in [0.29, 0.717) is 18.6 Å². The molecule has 1 fully saturated rings. The number of pyridine rings is 1. The highest BCUT2D eigenvalue weighted by Gasteiger charge is 2.21. The van der Waals surface area contributed by atoms with Crippen LogP contribution in [0, 0.1) is 0 Å². The molecule has 47 heavy (non-hydrogen) atoms. The Balaban J connectivity index is 0.972. The van der Waals surface area contributed by atoms with Gasteiger partial charge in [-0.1, -0.05) is 12.1 Å². The van der Waals surface area contributed by atoms with Gasteiger partial charge in [-0.05, 0) is 65.7 Å². The van der Waals surface area contributed by atoms with Gasteiger partial charge in [-0.25, -0.2) is 4.98 Å². The molecule has 5 heterocycles. The van der Waals surface area contributed by atoms with Crippen LogP contribution in [0.5, 0.6) is 5.75 Å². The van der Waals surface area contributed by atoms with Crippen molar-refractivity contribution in [1.29, 1.82) is 0 Å². The largest absolute Gasteiger partial charge is 0.493 e. The van der Waals surface area contributed by atoms with E-state index < -0.39 is 0 Å². The minimum Gasteiger partial charge on any atom is -0.493 e. The Morgan fingerprint density at radius 3 is 2.57 bits per heavy atom. The fourth-order valence-electron chi connectivity index (χ4n) is 6.36. The van der Waals surface area contributed by atoms with Crippen LogP contribution >= 0.6 is 0 Å². The maximum atomic E-state index is 13.4. The molecule has 0 radical (unpaired) electrons. The minimum absolute atomic E-state index is 0.140. The zero-order valence-corrected chi connectivity index (χ0v) is 25.9. The van der Waals surface area contributed by atoms with Gasteiger partial charge in [0.2, 0.25) is 0 Å². The first-order valence-electron chi connectivity index (χ1n) is 16.0. The number of ether oxygens (including phenoxy) is 2. The molecule has 0 unspecified atom stereocenters. The van der Waals surface area contributed by atoms with Crippen LogP contribution in [-0.4, -0.2) is 57.9 Å². The lowest BCUT2D eigenvalue weighted by atomic mass is 10.0. The zero-order chi connectivity index (χ0) is 31.6. The summed E-state index contributed by atoms with van der Waals surface area (Å²) >= 11 is 0. The molecule has 8 rings (SSSR count). The van der Waals surface area contributed by atoms with Gasteiger partial charge in [0.05, 0.1) is 60.5 Å². The number of rotatable bonds is 9. The quantitative estimate of drug-likeness (QED) is 0.193. The predicted octanol–water partition coefficient (Wildman–Crippen LogP) is 6.37. The number of hydrogen-bond acceptors (Lipinski definition) is 7. The Kier molecular flexibility index (Phi) is 7.76. The van der Waals surface area contributed by atoms with E-state index in [4.69, 9.17) is 9.47 Å². The molecule has 10 nitrogen and oxygen atoms in total. The molecule has 1 amide bonds. The van der Waals surface area contributed by atoms with Gasteiger partial charge in [0.15, 0.2) is 0 Å². The number of amides is 1. The van der Waals surface area contributed by atoms with Crippen LogP contribution in [0.3, 0.4) is 0 Å². The molecular weight excluding hydrogens is 590 g/mol. The molecule has 10 heteroatoms. The van der Waals surface area contributed by atoms with Crippen molar-refractivity contribution in [2.24, 2.45) is 0 Å². The molecule has 2 aliphatic heterocycles. The van der Waals surface area contributed by atoms with Gasteiger partial charge in [-0.2, -0.15) is 0 Å². The minimum atomic E-state index is -0.140. The SMILES string of the molecule is O=C1Nc2cc(CCOc3ccc(N4CCOCC4)cc3)ccc2Nc2cc(-c3cn(CCn4ccnc4)c4cnccc34)ccc21. The molecule has 3 aromatic heterocycles. The Morgan fingerprint density at radius 1 is 0.830 bits per heavy atom. The van der Waals surface area contributed by atoms with Crippen LogP contribution in [0.1, 0.15) is 15.9 Å². The summed E-state index contributed by atoms with van der Waals surface area (Å²) in [5, 5.41) is 7.75. The molecule has 236 valence electrons. The summed E-state index contributed by atoms with van der Waals surface area (Å²) in [6.45, 7) is 5.47. The summed E-state index contributed by atoms with van der Waals surface area (Å²) in [4.78, 5) is 24.2. The average Bonchev–Trinajstić information content (AvgIpc) is 3.74. The lowest BCUT2D eigenvalue weighted by Crippen LogP contribution is -2.36. The van der Waals surface area contributed by atoms with Gasteiger partial charge in [0.1, 0.15) is 5.75 Å². The lowest BCUT2D eigenvalue weighted by Gasteiger charge is -2.28. The first-order chi connectivity index (χ1) is 23.2. The number of morpholine rings is 1. The van der Waals surface area contributed by atoms with Crippen LogP contribution in [0.2, 0.25) is 0 Å². The van der Waals surface area contributed by atoms with Gasteiger partial charge in [-0.3, -0.25) is 9.78 Å². The Hall–Kier alpha value is -5.61. The molecule has 0 bridgehead atoms. The van der Waals surface area contributed by atoms with E-state index >= 15 is 0 Å². The maximum Gasteiger partial charge on any atom is 0.257 e. The average molecular weight is 626 g/mol. The lowest BCUT2D eigenvalue weighted by molar-refractivity contribution is 0.102. The van der Waals surface area contributed by atoms with Crippen molar-refractivity contribution in [2.45, 2.75) is 19.5 Å². The van der Waals surface area contributed by atoms with Crippen molar-refractivity contribution >= 4 is 39.6 Å². The number of nitrogens with zero attached hydrogens (tertiary/aromatic N) is 5. The third-order valence-corrected chi connectivity index (χ3v) is 8.89. The highest BCUT2D eigenvalue weighted by Crippen LogP contribution is 2.37. The third-order valence-electron chi connectivity index (χ3n) is 8.89. The van der Waals surface area contributed by atoms with Crippen molar-refractivity contribution in [3.05, 3.63) is 115 Å². The molecule has 0 saturated carbocycles. The van der Waals surface area contributed by atoms with Gasteiger partial charge in [-0.15, -0.1) is 0 Å². The van der Waals surface area contributed by atoms with Crippen molar-refractivity contribution in [2.75, 3.05) is 48.4 Å². The van der Waals surface area contributed by atoms with E-state index in [1.165, 1.54) is 5.69 Å². The highest BCUT2D eigenvalue weighted by atomic mass is 16.5. The standard InChI is InChI=1S/C37H35N7O3/c45-37-31-7-2-27(32-24-44(15-14-42-13-12-39-25-42)36-23-38-11-9-30(32)36)22-34(31)40-33-8-1-26(21-35(33)41-37)10-18-47-29-5-3-28(4-6-29)43-16-19-46-20-17-43/h1-9,11-13,21-25,40H,10,14-20H2,(H,41,45). The maximum absolute atomic E-state index is 13.4. The molecule has 0 aliphatic carbocycles. The van der Waals surface area contributed by atoms with Gasteiger partial charge >= 0.3 is 0 Å². The monoisotopic (exact) mass is 625 g/mol.